The molecule has 1 unspecified atom stereocenters. The number of aromatic nitrogens is 1. The first kappa shape index (κ1) is 10.6. The summed E-state index contributed by atoms with van der Waals surface area (Å²) in [5.74, 6) is -1.31. The number of ether oxygens (including phenoxy) is 1. The number of nitrogens with zero attached hydrogens (tertiary/aromatic N) is 1. The molecule has 4 nitrogen and oxygen atoms in total. The highest BCUT2D eigenvalue weighted by Gasteiger charge is 2.15. The zero-order valence-electron chi connectivity index (χ0n) is 7.61. The number of methoxy groups -OCH3 is 1. The van der Waals surface area contributed by atoms with Gasteiger partial charge in [0.15, 0.2) is 6.10 Å². The molecular weight excluding hydrogens is 189 g/mol. The van der Waals surface area contributed by atoms with E-state index in [9.17, 15) is 14.3 Å². The zero-order valence-corrected chi connectivity index (χ0v) is 7.61. The fourth-order valence-electron chi connectivity index (χ4n) is 0.970. The number of carbonyl (C=O) groups excluding carboxylic acids is 1. The number of hydrogen-bond acceptors (Lipinski definition) is 4. The highest BCUT2D eigenvalue weighted by molar-refractivity contribution is 5.74. The van der Waals surface area contributed by atoms with Crippen LogP contribution in [0.15, 0.2) is 18.3 Å². The van der Waals surface area contributed by atoms with Crippen LogP contribution >= 0.6 is 0 Å². The van der Waals surface area contributed by atoms with Crippen molar-refractivity contribution in [3.8, 4) is 0 Å². The number of carbonyl (C=O) groups is 1. The summed E-state index contributed by atoms with van der Waals surface area (Å²) in [6.07, 6.45) is 0.105. The Morgan fingerprint density at radius 2 is 2.43 bits per heavy atom. The van der Waals surface area contributed by atoms with Crippen molar-refractivity contribution in [3.05, 3.63) is 29.8 Å². The van der Waals surface area contributed by atoms with E-state index >= 15 is 0 Å². The van der Waals surface area contributed by atoms with Gasteiger partial charge in [-0.15, -0.1) is 0 Å². The molecule has 0 bridgehead atoms. The second-order valence-corrected chi connectivity index (χ2v) is 2.73. The molecule has 1 N–H and O–H groups in total. The molecule has 1 rings (SSSR count). The summed E-state index contributed by atoms with van der Waals surface area (Å²) in [6.45, 7) is 0. The van der Waals surface area contributed by atoms with E-state index in [2.05, 4.69) is 9.72 Å². The Kier molecular flexibility index (Phi) is 3.53. The van der Waals surface area contributed by atoms with Crippen LogP contribution in [-0.4, -0.2) is 29.3 Å². The minimum Gasteiger partial charge on any atom is -0.467 e. The van der Waals surface area contributed by atoms with Crippen molar-refractivity contribution in [2.24, 2.45) is 0 Å². The average molecular weight is 199 g/mol. The summed E-state index contributed by atoms with van der Waals surface area (Å²) in [7, 11) is 1.19. The molecule has 0 amide bonds. The first-order valence-electron chi connectivity index (χ1n) is 4.00. The van der Waals surface area contributed by atoms with Crippen LogP contribution in [0.1, 0.15) is 5.56 Å². The second-order valence-electron chi connectivity index (χ2n) is 2.73. The van der Waals surface area contributed by atoms with Crippen LogP contribution in [0.3, 0.4) is 0 Å². The van der Waals surface area contributed by atoms with Gasteiger partial charge in [0.05, 0.1) is 7.11 Å². The molecule has 0 aliphatic heterocycles. The Morgan fingerprint density at radius 3 is 2.93 bits per heavy atom. The molecule has 1 heterocycles. The third-order valence-corrected chi connectivity index (χ3v) is 1.69. The number of hydrogen-bond donors (Lipinski definition) is 1. The zero-order chi connectivity index (χ0) is 10.6. The lowest BCUT2D eigenvalue weighted by Crippen LogP contribution is -2.24. The van der Waals surface area contributed by atoms with Crippen molar-refractivity contribution >= 4 is 5.97 Å². The van der Waals surface area contributed by atoms with E-state index in [1.165, 1.54) is 25.4 Å². The number of aliphatic hydroxyl groups is 1. The Morgan fingerprint density at radius 1 is 1.71 bits per heavy atom. The van der Waals surface area contributed by atoms with Crippen LogP contribution in [0.4, 0.5) is 4.39 Å². The van der Waals surface area contributed by atoms with Gasteiger partial charge >= 0.3 is 5.97 Å². The Hall–Kier alpha value is -1.49. The van der Waals surface area contributed by atoms with Gasteiger partial charge in [0.2, 0.25) is 5.95 Å². The van der Waals surface area contributed by atoms with E-state index in [1.54, 1.807) is 0 Å². The quantitative estimate of drug-likeness (QED) is 0.561. The van der Waals surface area contributed by atoms with Crippen molar-refractivity contribution in [2.75, 3.05) is 7.11 Å². The maximum atomic E-state index is 12.4. The highest BCUT2D eigenvalue weighted by Crippen LogP contribution is 2.03. The van der Waals surface area contributed by atoms with Crippen LogP contribution in [0.25, 0.3) is 0 Å². The topological polar surface area (TPSA) is 59.4 Å². The lowest BCUT2D eigenvalue weighted by molar-refractivity contribution is -0.150. The first-order valence-corrected chi connectivity index (χ1v) is 4.00. The van der Waals surface area contributed by atoms with Crippen molar-refractivity contribution < 1.29 is 19.0 Å². The minimum absolute atomic E-state index is 0.0694. The van der Waals surface area contributed by atoms with E-state index in [0.717, 1.165) is 0 Å². The first-order chi connectivity index (χ1) is 6.63. The summed E-state index contributed by atoms with van der Waals surface area (Å²) < 4.78 is 16.7. The van der Waals surface area contributed by atoms with E-state index in [0.29, 0.717) is 5.56 Å². The van der Waals surface area contributed by atoms with E-state index < -0.39 is 18.0 Å². The van der Waals surface area contributed by atoms with E-state index in [4.69, 9.17) is 0 Å². The van der Waals surface area contributed by atoms with Crippen LogP contribution < -0.4 is 0 Å². The van der Waals surface area contributed by atoms with Gasteiger partial charge in [0.25, 0.3) is 0 Å². The van der Waals surface area contributed by atoms with Gasteiger partial charge < -0.3 is 9.84 Å². The van der Waals surface area contributed by atoms with Crippen LogP contribution in [0.5, 0.6) is 0 Å². The largest absolute Gasteiger partial charge is 0.467 e. The number of rotatable bonds is 3. The van der Waals surface area contributed by atoms with Gasteiger partial charge in [-0.25, -0.2) is 9.78 Å². The molecule has 0 aliphatic rings. The molecule has 1 atom stereocenters. The van der Waals surface area contributed by atoms with Crippen molar-refractivity contribution in [1.29, 1.82) is 0 Å². The highest BCUT2D eigenvalue weighted by atomic mass is 19.1. The smallest absolute Gasteiger partial charge is 0.335 e. The number of aliphatic hydroxyl groups excluding tert-OH is 1. The maximum Gasteiger partial charge on any atom is 0.335 e. The van der Waals surface area contributed by atoms with Crippen molar-refractivity contribution in [1.82, 2.24) is 4.98 Å². The second kappa shape index (κ2) is 4.66. The molecule has 0 aromatic carbocycles. The Bertz CT molecular complexity index is 312. The summed E-state index contributed by atoms with van der Waals surface area (Å²) in [6, 6.07) is 2.62. The number of halogens is 1. The van der Waals surface area contributed by atoms with Gasteiger partial charge in [-0.2, -0.15) is 4.39 Å². The number of pyridine rings is 1. The molecule has 0 saturated heterocycles. The van der Waals surface area contributed by atoms with Crippen molar-refractivity contribution in [2.45, 2.75) is 12.5 Å². The lowest BCUT2D eigenvalue weighted by Gasteiger charge is -2.07. The summed E-state index contributed by atoms with van der Waals surface area (Å²) in [5.41, 5.74) is 0.573. The third-order valence-electron chi connectivity index (χ3n) is 1.69. The normalized spacial score (nSPS) is 12.2. The summed E-state index contributed by atoms with van der Waals surface area (Å²) >= 11 is 0. The fraction of sp³-hybridized carbons (Fsp3) is 0.333. The lowest BCUT2D eigenvalue weighted by atomic mass is 10.1. The molecule has 0 radical (unpaired) electrons. The fourth-order valence-corrected chi connectivity index (χ4v) is 0.970. The molecule has 0 fully saturated rings. The average Bonchev–Trinajstić information content (AvgIpc) is 2.20. The molecule has 0 spiro atoms. The molecule has 14 heavy (non-hydrogen) atoms. The molecule has 0 saturated carbocycles. The Labute approximate surface area is 80.3 Å². The predicted octanol–water partition coefficient (Wildman–Crippen LogP) is 0.297. The molecule has 76 valence electrons. The molecule has 1 aromatic heterocycles. The third kappa shape index (κ3) is 2.77. The van der Waals surface area contributed by atoms with Crippen LogP contribution in [0.2, 0.25) is 0 Å². The summed E-state index contributed by atoms with van der Waals surface area (Å²) in [5, 5.41) is 9.24. The minimum atomic E-state index is -1.23. The maximum absolute atomic E-state index is 12.4. The monoisotopic (exact) mass is 199 g/mol. The Balaban J connectivity index is 2.60. The van der Waals surface area contributed by atoms with Gasteiger partial charge in [-0.05, 0) is 11.6 Å². The van der Waals surface area contributed by atoms with Gasteiger partial charge in [0, 0.05) is 12.6 Å². The standard InChI is InChI=1S/C9H10FNO3/c1-14-9(13)7(12)4-6-2-3-8(10)11-5-6/h2-3,5,7,12H,4H2,1H3. The van der Waals surface area contributed by atoms with E-state index in [1.807, 2.05) is 0 Å². The molecule has 5 heteroatoms. The molecule has 0 aliphatic carbocycles. The van der Waals surface area contributed by atoms with Crippen molar-refractivity contribution in [3.63, 3.8) is 0 Å². The van der Waals surface area contributed by atoms with E-state index in [-0.39, 0.29) is 6.42 Å². The van der Waals surface area contributed by atoms with Gasteiger partial charge in [-0.1, -0.05) is 6.07 Å². The summed E-state index contributed by atoms with van der Waals surface area (Å²) in [4.78, 5) is 14.2. The number of esters is 1. The molecule has 1 aromatic rings. The van der Waals surface area contributed by atoms with Gasteiger partial charge in [-0.3, -0.25) is 0 Å². The molecular formula is C9H10FNO3. The predicted molar refractivity (Wildman–Crippen MR) is 45.9 cm³/mol. The SMILES string of the molecule is COC(=O)C(O)Cc1ccc(F)nc1. The van der Waals surface area contributed by atoms with Crippen LogP contribution in [-0.2, 0) is 16.0 Å². The van der Waals surface area contributed by atoms with Gasteiger partial charge in [0.1, 0.15) is 0 Å². The van der Waals surface area contributed by atoms with Crippen LogP contribution in [0, 0.1) is 5.95 Å².